The Morgan fingerprint density at radius 2 is 1.54 bits per heavy atom. The lowest BCUT2D eigenvalue weighted by Gasteiger charge is -2.57. The first kappa shape index (κ1) is 24.4. The highest BCUT2D eigenvalue weighted by molar-refractivity contribution is 7.92. The molecule has 5 nitrogen and oxygen atoms in total. The zero-order chi connectivity index (χ0) is 25.0. The second-order valence-corrected chi connectivity index (χ2v) is 13.4. The van der Waals surface area contributed by atoms with Crippen molar-refractivity contribution in [3.63, 3.8) is 0 Å². The average molecular weight is 495 g/mol. The summed E-state index contributed by atoms with van der Waals surface area (Å²) >= 11 is 0. The van der Waals surface area contributed by atoms with Crippen molar-refractivity contribution in [2.45, 2.75) is 77.2 Å². The highest BCUT2D eigenvalue weighted by atomic mass is 32.2. The SMILES string of the molecule is CCC(C(=O)Nc1ccc(C23CC4CC(CC(C4)C2)C3)cc1)N(c1ccc(C)c(C)c1)S(C)(=O)=O. The van der Waals surface area contributed by atoms with Gasteiger partial charge in [-0.25, -0.2) is 8.42 Å². The number of benzene rings is 2. The molecule has 0 aromatic heterocycles. The van der Waals surface area contributed by atoms with Crippen LogP contribution in [-0.4, -0.2) is 26.6 Å². The standard InChI is InChI=1S/C29H38N2O3S/c1-5-27(31(35(4,33)34)26-11-6-19(2)20(3)12-26)28(32)30-25-9-7-24(8-10-25)29-16-21-13-22(17-29)15-23(14-21)18-29/h6-12,21-23,27H,5,13-18H2,1-4H3,(H,30,32). The van der Waals surface area contributed by atoms with Crippen LogP contribution in [0, 0.1) is 31.6 Å². The predicted molar refractivity (Wildman–Crippen MR) is 142 cm³/mol. The molecule has 1 atom stereocenters. The van der Waals surface area contributed by atoms with E-state index in [4.69, 9.17) is 0 Å². The van der Waals surface area contributed by atoms with Gasteiger partial charge in [0.05, 0.1) is 11.9 Å². The fraction of sp³-hybridized carbons (Fsp3) is 0.552. The highest BCUT2D eigenvalue weighted by Crippen LogP contribution is 2.60. The van der Waals surface area contributed by atoms with E-state index in [0.29, 0.717) is 17.5 Å². The number of carbonyl (C=O) groups excluding carboxylic acids is 1. The number of sulfonamides is 1. The summed E-state index contributed by atoms with van der Waals surface area (Å²) in [5.41, 5.74) is 5.05. The Balaban J connectivity index is 1.35. The van der Waals surface area contributed by atoms with Crippen molar-refractivity contribution < 1.29 is 13.2 Å². The number of amides is 1. The Hall–Kier alpha value is -2.34. The van der Waals surface area contributed by atoms with Gasteiger partial charge in [0.25, 0.3) is 0 Å². The van der Waals surface area contributed by atoms with E-state index < -0.39 is 16.1 Å². The van der Waals surface area contributed by atoms with Crippen molar-refractivity contribution in [3.05, 3.63) is 59.2 Å². The summed E-state index contributed by atoms with van der Waals surface area (Å²) in [4.78, 5) is 13.3. The second kappa shape index (κ2) is 8.95. The van der Waals surface area contributed by atoms with Gasteiger partial charge in [0, 0.05) is 5.69 Å². The maximum Gasteiger partial charge on any atom is 0.248 e. The molecule has 1 N–H and O–H groups in total. The van der Waals surface area contributed by atoms with Gasteiger partial charge in [-0.2, -0.15) is 0 Å². The first-order chi connectivity index (χ1) is 16.6. The third kappa shape index (κ3) is 4.62. The summed E-state index contributed by atoms with van der Waals surface area (Å²) in [5.74, 6) is 2.36. The van der Waals surface area contributed by atoms with Crippen LogP contribution >= 0.6 is 0 Å². The van der Waals surface area contributed by atoms with E-state index in [0.717, 1.165) is 34.6 Å². The van der Waals surface area contributed by atoms with Crippen molar-refractivity contribution in [1.82, 2.24) is 0 Å². The minimum absolute atomic E-state index is 0.307. The molecule has 0 heterocycles. The van der Waals surface area contributed by atoms with E-state index in [1.807, 2.05) is 45.0 Å². The van der Waals surface area contributed by atoms with Crippen molar-refractivity contribution in [2.24, 2.45) is 17.8 Å². The molecule has 6 rings (SSSR count). The lowest BCUT2D eigenvalue weighted by Crippen LogP contribution is -2.48. The summed E-state index contributed by atoms with van der Waals surface area (Å²) in [7, 11) is -3.66. The molecule has 6 heteroatoms. The van der Waals surface area contributed by atoms with Crippen LogP contribution in [0.3, 0.4) is 0 Å². The topological polar surface area (TPSA) is 66.5 Å². The molecule has 0 spiro atoms. The van der Waals surface area contributed by atoms with Gasteiger partial charge in [0.1, 0.15) is 6.04 Å². The van der Waals surface area contributed by atoms with E-state index in [-0.39, 0.29) is 5.91 Å². The van der Waals surface area contributed by atoms with E-state index in [9.17, 15) is 13.2 Å². The maximum atomic E-state index is 13.3. The molecular formula is C29H38N2O3S. The molecule has 2 aromatic carbocycles. The third-order valence-electron chi connectivity index (χ3n) is 8.88. The van der Waals surface area contributed by atoms with E-state index in [2.05, 4.69) is 17.4 Å². The van der Waals surface area contributed by atoms with Gasteiger partial charge >= 0.3 is 0 Å². The lowest BCUT2D eigenvalue weighted by atomic mass is 9.48. The number of aryl methyl sites for hydroxylation is 2. The van der Waals surface area contributed by atoms with Crippen molar-refractivity contribution in [2.75, 3.05) is 15.9 Å². The Morgan fingerprint density at radius 1 is 0.971 bits per heavy atom. The first-order valence-corrected chi connectivity index (χ1v) is 14.9. The molecule has 0 radical (unpaired) electrons. The zero-order valence-electron chi connectivity index (χ0n) is 21.4. The molecule has 1 amide bonds. The summed E-state index contributed by atoms with van der Waals surface area (Å²) in [6.45, 7) is 5.78. The molecule has 0 saturated heterocycles. The van der Waals surface area contributed by atoms with E-state index in [1.165, 1.54) is 54.6 Å². The summed E-state index contributed by atoms with van der Waals surface area (Å²) in [5, 5.41) is 3.00. The Bertz CT molecular complexity index is 1180. The third-order valence-corrected chi connectivity index (χ3v) is 10.1. The quantitative estimate of drug-likeness (QED) is 0.517. The van der Waals surface area contributed by atoms with Gasteiger partial charge < -0.3 is 5.32 Å². The molecule has 1 unspecified atom stereocenters. The van der Waals surface area contributed by atoms with Crippen molar-refractivity contribution >= 4 is 27.3 Å². The molecular weight excluding hydrogens is 456 g/mol. The van der Waals surface area contributed by atoms with Gasteiger partial charge in [-0.05, 0) is 123 Å². The number of rotatable bonds is 7. The van der Waals surface area contributed by atoms with Crippen LogP contribution in [0.5, 0.6) is 0 Å². The van der Waals surface area contributed by atoms with Gasteiger partial charge in [0.15, 0.2) is 0 Å². The molecule has 0 aliphatic heterocycles. The first-order valence-electron chi connectivity index (χ1n) is 13.1. The molecule has 4 bridgehead atoms. The number of hydrogen-bond donors (Lipinski definition) is 1. The zero-order valence-corrected chi connectivity index (χ0v) is 22.2. The highest BCUT2D eigenvalue weighted by Gasteiger charge is 2.51. The van der Waals surface area contributed by atoms with E-state index >= 15 is 0 Å². The van der Waals surface area contributed by atoms with Crippen LogP contribution < -0.4 is 9.62 Å². The van der Waals surface area contributed by atoms with Crippen LogP contribution in [0.2, 0.25) is 0 Å². The number of nitrogens with zero attached hydrogens (tertiary/aromatic N) is 1. The number of hydrogen-bond acceptors (Lipinski definition) is 3. The Kier molecular flexibility index (Phi) is 6.23. The molecule has 188 valence electrons. The predicted octanol–water partition coefficient (Wildman–Crippen LogP) is 5.95. The summed E-state index contributed by atoms with van der Waals surface area (Å²) < 4.78 is 26.8. The maximum absolute atomic E-state index is 13.3. The minimum atomic E-state index is -3.66. The van der Waals surface area contributed by atoms with Gasteiger partial charge in [-0.1, -0.05) is 25.1 Å². The summed E-state index contributed by atoms with van der Waals surface area (Å²) in [6.07, 6.45) is 9.72. The van der Waals surface area contributed by atoms with Gasteiger partial charge in [-0.15, -0.1) is 0 Å². The van der Waals surface area contributed by atoms with E-state index in [1.54, 1.807) is 6.07 Å². The van der Waals surface area contributed by atoms with Gasteiger partial charge in [0.2, 0.25) is 15.9 Å². The normalized spacial score (nSPS) is 28.1. The lowest BCUT2D eigenvalue weighted by molar-refractivity contribution is -0.117. The van der Waals surface area contributed by atoms with Crippen LogP contribution in [0.15, 0.2) is 42.5 Å². The molecule has 4 aliphatic carbocycles. The largest absolute Gasteiger partial charge is 0.324 e. The monoisotopic (exact) mass is 494 g/mol. The van der Waals surface area contributed by atoms with Crippen LogP contribution in [0.25, 0.3) is 0 Å². The van der Waals surface area contributed by atoms with Crippen LogP contribution in [0.4, 0.5) is 11.4 Å². The molecule has 4 saturated carbocycles. The molecule has 2 aromatic rings. The Morgan fingerprint density at radius 3 is 2.03 bits per heavy atom. The second-order valence-electron chi connectivity index (χ2n) is 11.5. The summed E-state index contributed by atoms with van der Waals surface area (Å²) in [6, 6.07) is 13.1. The molecule has 35 heavy (non-hydrogen) atoms. The number of anilines is 2. The average Bonchev–Trinajstić information content (AvgIpc) is 2.78. The van der Waals surface area contributed by atoms with Crippen molar-refractivity contribution in [3.8, 4) is 0 Å². The fourth-order valence-corrected chi connectivity index (χ4v) is 8.72. The minimum Gasteiger partial charge on any atom is -0.324 e. The van der Waals surface area contributed by atoms with Crippen LogP contribution in [0.1, 0.15) is 68.6 Å². The number of carbonyl (C=O) groups is 1. The number of nitrogens with one attached hydrogen (secondary N) is 1. The Labute approximate surface area is 210 Å². The molecule has 4 fully saturated rings. The smallest absolute Gasteiger partial charge is 0.248 e. The van der Waals surface area contributed by atoms with Crippen LogP contribution in [-0.2, 0) is 20.2 Å². The fourth-order valence-electron chi connectivity index (χ4n) is 7.52. The van der Waals surface area contributed by atoms with Gasteiger partial charge in [-0.3, -0.25) is 9.10 Å². The molecule has 4 aliphatic rings. The van der Waals surface area contributed by atoms with Crippen molar-refractivity contribution in [1.29, 1.82) is 0 Å².